The number of fused-ring (bicyclic) bond motifs is 1. The Hall–Kier alpha value is -4.44. The standard InChI is InChI=1S/C25H21ClN6O4/c26-16-7-12-21(27-14-16)29-22(33)15-32-20-5-2-1-4-19(20)24(30-32)36-25(35)28-17-8-10-18(11-9-17)31-13-3-6-23(31)34/h1-2,4-5,7-12,14H,3,6,13,15H2,(H,28,35)(H,27,29,33). The summed E-state index contributed by atoms with van der Waals surface area (Å²) in [6, 6.07) is 17.3. The molecule has 3 amide bonds. The molecule has 4 aromatic rings. The fraction of sp³-hybridized carbons (Fsp3) is 0.160. The second-order valence-electron chi connectivity index (χ2n) is 8.10. The Balaban J connectivity index is 1.26. The number of hydrogen-bond donors (Lipinski definition) is 2. The topological polar surface area (TPSA) is 118 Å². The molecule has 1 saturated heterocycles. The molecule has 0 aliphatic carbocycles. The van der Waals surface area contributed by atoms with Crippen molar-refractivity contribution in [2.45, 2.75) is 19.4 Å². The van der Waals surface area contributed by atoms with Crippen molar-refractivity contribution in [3.05, 3.63) is 71.9 Å². The summed E-state index contributed by atoms with van der Waals surface area (Å²) in [6.45, 7) is 0.574. The number of benzene rings is 2. The monoisotopic (exact) mass is 504 g/mol. The van der Waals surface area contributed by atoms with E-state index in [4.69, 9.17) is 16.3 Å². The number of aromatic nitrogens is 3. The predicted molar refractivity (Wildman–Crippen MR) is 135 cm³/mol. The van der Waals surface area contributed by atoms with Crippen LogP contribution in [0.4, 0.5) is 22.0 Å². The number of halogens is 1. The van der Waals surface area contributed by atoms with Gasteiger partial charge >= 0.3 is 6.09 Å². The third kappa shape index (κ3) is 5.13. The summed E-state index contributed by atoms with van der Waals surface area (Å²) in [5.41, 5.74) is 1.92. The smallest absolute Gasteiger partial charge is 0.389 e. The molecule has 0 radical (unpaired) electrons. The van der Waals surface area contributed by atoms with Gasteiger partial charge in [0.25, 0.3) is 5.88 Å². The van der Waals surface area contributed by atoms with Gasteiger partial charge in [0.15, 0.2) is 0 Å². The van der Waals surface area contributed by atoms with E-state index in [-0.39, 0.29) is 24.2 Å². The maximum absolute atomic E-state index is 12.6. The highest BCUT2D eigenvalue weighted by atomic mass is 35.5. The third-order valence-corrected chi connectivity index (χ3v) is 5.82. The fourth-order valence-corrected chi connectivity index (χ4v) is 4.05. The van der Waals surface area contributed by atoms with E-state index in [2.05, 4.69) is 20.7 Å². The van der Waals surface area contributed by atoms with Gasteiger partial charge in [0.2, 0.25) is 11.8 Å². The number of pyridine rings is 1. The lowest BCUT2D eigenvalue weighted by atomic mass is 10.2. The molecule has 5 rings (SSSR count). The number of rotatable bonds is 6. The zero-order chi connectivity index (χ0) is 25.1. The van der Waals surface area contributed by atoms with Crippen LogP contribution < -0.4 is 20.3 Å². The van der Waals surface area contributed by atoms with Crippen LogP contribution in [0.25, 0.3) is 10.9 Å². The van der Waals surface area contributed by atoms with E-state index in [0.717, 1.165) is 12.1 Å². The van der Waals surface area contributed by atoms with Gasteiger partial charge in [-0.15, -0.1) is 5.10 Å². The second kappa shape index (κ2) is 10.0. The number of carbonyl (C=O) groups is 3. The van der Waals surface area contributed by atoms with Crippen LogP contribution in [0.3, 0.4) is 0 Å². The van der Waals surface area contributed by atoms with Crippen LogP contribution in [0.2, 0.25) is 5.02 Å². The number of hydrogen-bond acceptors (Lipinski definition) is 6. The molecule has 3 heterocycles. The Bertz CT molecular complexity index is 1440. The summed E-state index contributed by atoms with van der Waals surface area (Å²) in [6.07, 6.45) is 2.09. The molecule has 182 valence electrons. The van der Waals surface area contributed by atoms with Crippen LogP contribution in [-0.2, 0) is 16.1 Å². The lowest BCUT2D eigenvalue weighted by Crippen LogP contribution is -2.23. The van der Waals surface area contributed by atoms with Gasteiger partial charge in [-0.1, -0.05) is 23.7 Å². The SMILES string of the molecule is O=C(Cn1nc(OC(=O)Nc2ccc(N3CCCC3=O)cc2)c2ccccc21)Nc1ccc(Cl)cn1. The van der Waals surface area contributed by atoms with E-state index in [1.54, 1.807) is 65.6 Å². The first-order valence-corrected chi connectivity index (χ1v) is 11.6. The predicted octanol–water partition coefficient (Wildman–Crippen LogP) is 4.46. The molecule has 10 nitrogen and oxygen atoms in total. The van der Waals surface area contributed by atoms with Gasteiger partial charge in [-0.25, -0.2) is 9.78 Å². The van der Waals surface area contributed by atoms with Crippen molar-refractivity contribution in [1.82, 2.24) is 14.8 Å². The minimum absolute atomic E-state index is 0.0693. The number of anilines is 3. The summed E-state index contributed by atoms with van der Waals surface area (Å²) in [5.74, 6) is 0.165. The third-order valence-electron chi connectivity index (χ3n) is 5.60. The first-order chi connectivity index (χ1) is 17.5. The average molecular weight is 505 g/mol. The van der Waals surface area contributed by atoms with Gasteiger partial charge in [-0.05, 0) is 55.0 Å². The molecule has 2 N–H and O–H groups in total. The van der Waals surface area contributed by atoms with Crippen LogP contribution in [0.15, 0.2) is 66.9 Å². The van der Waals surface area contributed by atoms with Crippen LogP contribution >= 0.6 is 11.6 Å². The maximum atomic E-state index is 12.6. The van der Waals surface area contributed by atoms with Crippen molar-refractivity contribution in [3.63, 3.8) is 0 Å². The molecular weight excluding hydrogens is 484 g/mol. The number of nitrogens with zero attached hydrogens (tertiary/aromatic N) is 4. The molecule has 1 aliphatic heterocycles. The highest BCUT2D eigenvalue weighted by molar-refractivity contribution is 6.30. The lowest BCUT2D eigenvalue weighted by Gasteiger charge is -2.16. The summed E-state index contributed by atoms with van der Waals surface area (Å²) >= 11 is 5.83. The van der Waals surface area contributed by atoms with Gasteiger partial charge in [0.1, 0.15) is 12.4 Å². The number of amides is 3. The number of nitrogens with one attached hydrogen (secondary N) is 2. The fourth-order valence-electron chi connectivity index (χ4n) is 3.94. The number of para-hydroxylation sites is 1. The van der Waals surface area contributed by atoms with Crippen molar-refractivity contribution in [3.8, 4) is 5.88 Å². The van der Waals surface area contributed by atoms with Crippen LogP contribution in [-0.4, -0.2) is 39.2 Å². The molecule has 0 spiro atoms. The lowest BCUT2D eigenvalue weighted by molar-refractivity contribution is -0.117. The molecular formula is C25H21ClN6O4. The quantitative estimate of drug-likeness (QED) is 0.400. The molecule has 2 aromatic carbocycles. The zero-order valence-electron chi connectivity index (χ0n) is 19.0. The molecule has 0 saturated carbocycles. The van der Waals surface area contributed by atoms with Crippen molar-refractivity contribution in [2.24, 2.45) is 0 Å². The molecule has 0 unspecified atom stereocenters. The Morgan fingerprint density at radius 3 is 2.56 bits per heavy atom. The van der Waals surface area contributed by atoms with Crippen molar-refractivity contribution < 1.29 is 19.1 Å². The van der Waals surface area contributed by atoms with Crippen LogP contribution in [0.5, 0.6) is 5.88 Å². The van der Waals surface area contributed by atoms with Gasteiger partial charge < -0.3 is 15.0 Å². The first kappa shape index (κ1) is 23.3. The summed E-state index contributed by atoms with van der Waals surface area (Å²) < 4.78 is 6.92. The molecule has 11 heteroatoms. The van der Waals surface area contributed by atoms with E-state index in [1.165, 1.54) is 10.9 Å². The minimum Gasteiger partial charge on any atom is -0.389 e. The van der Waals surface area contributed by atoms with Crippen molar-refractivity contribution >= 4 is 57.6 Å². The van der Waals surface area contributed by atoms with E-state index in [0.29, 0.717) is 40.4 Å². The normalized spacial score (nSPS) is 13.1. The molecule has 36 heavy (non-hydrogen) atoms. The Kier molecular flexibility index (Phi) is 6.50. The summed E-state index contributed by atoms with van der Waals surface area (Å²) in [7, 11) is 0. The Morgan fingerprint density at radius 1 is 1.03 bits per heavy atom. The molecule has 0 atom stereocenters. The molecule has 1 fully saturated rings. The number of carbonyl (C=O) groups excluding carboxylic acids is 3. The van der Waals surface area contributed by atoms with Gasteiger partial charge in [0, 0.05) is 30.5 Å². The highest BCUT2D eigenvalue weighted by Crippen LogP contribution is 2.26. The summed E-state index contributed by atoms with van der Waals surface area (Å²) in [5, 5.41) is 10.7. The Morgan fingerprint density at radius 2 is 1.83 bits per heavy atom. The maximum Gasteiger partial charge on any atom is 0.418 e. The van der Waals surface area contributed by atoms with E-state index < -0.39 is 6.09 Å². The highest BCUT2D eigenvalue weighted by Gasteiger charge is 2.22. The van der Waals surface area contributed by atoms with E-state index >= 15 is 0 Å². The molecule has 0 bridgehead atoms. The van der Waals surface area contributed by atoms with Crippen LogP contribution in [0, 0.1) is 0 Å². The average Bonchev–Trinajstić information content (AvgIpc) is 3.44. The van der Waals surface area contributed by atoms with E-state index in [9.17, 15) is 14.4 Å². The Labute approximate surface area is 210 Å². The second-order valence-corrected chi connectivity index (χ2v) is 8.54. The largest absolute Gasteiger partial charge is 0.418 e. The molecule has 2 aromatic heterocycles. The first-order valence-electron chi connectivity index (χ1n) is 11.2. The minimum atomic E-state index is -0.731. The number of ether oxygens (including phenoxy) is 1. The van der Waals surface area contributed by atoms with Crippen LogP contribution in [0.1, 0.15) is 12.8 Å². The van der Waals surface area contributed by atoms with Gasteiger partial charge in [-0.2, -0.15) is 0 Å². The van der Waals surface area contributed by atoms with Crippen molar-refractivity contribution in [1.29, 1.82) is 0 Å². The van der Waals surface area contributed by atoms with Crippen molar-refractivity contribution in [2.75, 3.05) is 22.1 Å². The zero-order valence-corrected chi connectivity index (χ0v) is 19.7. The van der Waals surface area contributed by atoms with Gasteiger partial charge in [-0.3, -0.25) is 19.6 Å². The summed E-state index contributed by atoms with van der Waals surface area (Å²) in [4.78, 5) is 42.8. The van der Waals surface area contributed by atoms with E-state index in [1.807, 2.05) is 0 Å². The van der Waals surface area contributed by atoms with Gasteiger partial charge in [0.05, 0.1) is 15.9 Å². The molecule has 1 aliphatic rings.